The van der Waals surface area contributed by atoms with Crippen LogP contribution in [0.3, 0.4) is 0 Å². The first-order valence-electron chi connectivity index (χ1n) is 3.88. The first-order valence-corrected chi connectivity index (χ1v) is 3.48. The number of phenolic OH excluding ortho intramolecular Hbond substituents is 1. The summed E-state index contributed by atoms with van der Waals surface area (Å²) in [5, 5.41) is 7.03. The van der Waals surface area contributed by atoms with E-state index in [0.717, 1.165) is 5.69 Å². The zero-order chi connectivity index (χ0) is 9.68. The largest absolute Gasteiger partial charge is 0.508 e. The molecular weight excluding hydrogens is 156 g/mol. The maximum Gasteiger partial charge on any atom is 0.293 e. The highest BCUT2D eigenvalue weighted by molar-refractivity contribution is 5.78. The fourth-order valence-corrected chi connectivity index (χ4v) is 0.762. The molecule has 0 aliphatic heterocycles. The van der Waals surface area contributed by atoms with Crippen molar-refractivity contribution >= 4 is 11.6 Å². The summed E-state index contributed by atoms with van der Waals surface area (Å²) in [4.78, 5) is 10.4. The number of anilines is 1. The number of carbonyl (C=O) groups excluding carboxylic acids is 1. The highest BCUT2D eigenvalue weighted by atomic mass is 16.3. The number of carbonyl (C=O) groups is 1. The lowest BCUT2D eigenvalue weighted by Gasteiger charge is -2.02. The lowest BCUT2D eigenvalue weighted by molar-refractivity contribution is -0.116. The molecule has 1 aromatic rings. The van der Waals surface area contributed by atoms with E-state index in [4.69, 9.17) is 7.16 Å². The molecule has 0 aromatic heterocycles. The number of hydrogen-bond acceptors (Lipinski definition) is 3. The maximum atomic E-state index is 10.4. The molecule has 0 atom stereocenters. The van der Waals surface area contributed by atoms with Gasteiger partial charge in [-0.2, -0.15) is 0 Å². The summed E-state index contributed by atoms with van der Waals surface area (Å²) in [5.74, 6) is 0.0328. The summed E-state index contributed by atoms with van der Waals surface area (Å²) in [6.45, 7) is 0.0983. The minimum absolute atomic E-state index is 0.0983. The molecule has 0 saturated carbocycles. The SMILES string of the molecule is [2H]Oc1ccc(NCC(N)=O)cc1. The zero-order valence-electron chi connectivity index (χ0n) is 7.41. The summed E-state index contributed by atoms with van der Waals surface area (Å²) in [5.41, 5.74) is 5.70. The predicted octanol–water partition coefficient (Wildman–Crippen LogP) is 0.289. The Balaban J connectivity index is 2.54. The van der Waals surface area contributed by atoms with Gasteiger partial charge in [-0.05, 0) is 24.3 Å². The van der Waals surface area contributed by atoms with Gasteiger partial charge in [0.05, 0.1) is 6.54 Å². The quantitative estimate of drug-likeness (QED) is 0.564. The molecule has 0 bridgehead atoms. The molecule has 0 spiro atoms. The smallest absolute Gasteiger partial charge is 0.293 e. The van der Waals surface area contributed by atoms with Crippen LogP contribution in [0.25, 0.3) is 0 Å². The summed E-state index contributed by atoms with van der Waals surface area (Å²) in [6, 6.07) is 6.65. The molecule has 4 N–H and O–H groups in total. The second-order valence-corrected chi connectivity index (χ2v) is 2.34. The third kappa shape index (κ3) is 2.49. The van der Waals surface area contributed by atoms with Crippen LogP contribution < -0.4 is 11.1 Å². The molecule has 0 unspecified atom stereocenters. The predicted molar refractivity (Wildman–Crippen MR) is 45.8 cm³/mol. The van der Waals surface area contributed by atoms with Gasteiger partial charge in [-0.15, -0.1) is 0 Å². The monoisotopic (exact) mass is 167 g/mol. The zero-order valence-corrected chi connectivity index (χ0v) is 6.41. The number of nitrogens with two attached hydrogens (primary N) is 1. The van der Waals surface area contributed by atoms with Crippen molar-refractivity contribution in [1.29, 1.82) is 1.43 Å². The van der Waals surface area contributed by atoms with E-state index < -0.39 is 5.91 Å². The molecule has 4 nitrogen and oxygen atoms in total. The van der Waals surface area contributed by atoms with Crippen LogP contribution in [0.1, 0.15) is 0 Å². The van der Waals surface area contributed by atoms with Gasteiger partial charge in [-0.1, -0.05) is 0 Å². The number of rotatable bonds is 4. The van der Waals surface area contributed by atoms with Crippen molar-refractivity contribution in [2.75, 3.05) is 11.9 Å². The minimum Gasteiger partial charge on any atom is -0.508 e. The topological polar surface area (TPSA) is 75.3 Å². The van der Waals surface area contributed by atoms with Gasteiger partial charge in [-0.3, -0.25) is 4.79 Å². The lowest BCUT2D eigenvalue weighted by atomic mass is 10.3. The average molecular weight is 167 g/mol. The van der Waals surface area contributed by atoms with E-state index in [9.17, 15) is 4.79 Å². The molecule has 0 fully saturated rings. The van der Waals surface area contributed by atoms with Crippen molar-refractivity contribution in [3.8, 4) is 5.75 Å². The molecule has 0 heterocycles. The molecule has 0 aliphatic carbocycles. The molecule has 1 rings (SSSR count). The van der Waals surface area contributed by atoms with E-state index in [-0.39, 0.29) is 6.54 Å². The van der Waals surface area contributed by atoms with Crippen LogP contribution >= 0.6 is 0 Å². The van der Waals surface area contributed by atoms with Gasteiger partial charge < -0.3 is 16.2 Å². The van der Waals surface area contributed by atoms with E-state index in [1.54, 1.807) is 24.3 Å². The van der Waals surface area contributed by atoms with Gasteiger partial charge in [-0.25, -0.2) is 0 Å². The van der Waals surface area contributed by atoms with Crippen LogP contribution in [-0.2, 0) is 4.79 Å². The van der Waals surface area contributed by atoms with Crippen molar-refractivity contribution < 1.29 is 9.90 Å². The first-order chi connectivity index (χ1) is 6.22. The Kier molecular flexibility index (Phi) is 2.10. The van der Waals surface area contributed by atoms with E-state index in [1.165, 1.54) is 0 Å². The minimum atomic E-state index is -0.416. The van der Waals surface area contributed by atoms with Crippen molar-refractivity contribution in [3.05, 3.63) is 24.3 Å². The Bertz CT molecular complexity index is 287. The Labute approximate surface area is 71.5 Å². The van der Waals surface area contributed by atoms with Crippen LogP contribution in [0.5, 0.6) is 5.75 Å². The van der Waals surface area contributed by atoms with Gasteiger partial charge in [0.25, 0.3) is 1.43 Å². The van der Waals surface area contributed by atoms with Crippen LogP contribution in [0.2, 0.25) is 0 Å². The number of amides is 1. The number of primary amides is 1. The van der Waals surface area contributed by atoms with Crippen molar-refractivity contribution in [2.24, 2.45) is 5.73 Å². The first kappa shape index (κ1) is 6.97. The Hall–Kier alpha value is -1.71. The van der Waals surface area contributed by atoms with Crippen LogP contribution in [0, 0.1) is 0 Å². The summed E-state index contributed by atoms with van der Waals surface area (Å²) >= 11 is 0. The van der Waals surface area contributed by atoms with E-state index in [2.05, 4.69) is 10.4 Å². The summed E-state index contributed by atoms with van der Waals surface area (Å²) in [7, 11) is 0. The van der Waals surface area contributed by atoms with Crippen LogP contribution in [-0.4, -0.2) is 19.0 Å². The maximum absolute atomic E-state index is 10.4. The van der Waals surface area contributed by atoms with E-state index >= 15 is 0 Å². The normalized spacial score (nSPS) is 10.2. The highest BCUT2D eigenvalue weighted by Crippen LogP contribution is 2.12. The van der Waals surface area contributed by atoms with Crippen molar-refractivity contribution in [3.63, 3.8) is 0 Å². The van der Waals surface area contributed by atoms with Gasteiger partial charge in [0.15, 0.2) is 0 Å². The molecule has 0 saturated heterocycles. The molecule has 1 amide bonds. The molecule has 64 valence electrons. The van der Waals surface area contributed by atoms with Crippen LogP contribution in [0.15, 0.2) is 24.3 Å². The number of nitrogens with one attached hydrogen (secondary N) is 1. The van der Waals surface area contributed by atoms with Gasteiger partial charge in [0, 0.05) is 5.69 Å². The molecular formula is C8H10N2O2. The molecule has 1 aromatic carbocycles. The lowest BCUT2D eigenvalue weighted by Crippen LogP contribution is -2.21. The van der Waals surface area contributed by atoms with E-state index in [1.807, 2.05) is 0 Å². The second-order valence-electron chi connectivity index (χ2n) is 2.34. The van der Waals surface area contributed by atoms with Crippen molar-refractivity contribution in [2.45, 2.75) is 0 Å². The summed E-state index contributed by atoms with van der Waals surface area (Å²) in [6.07, 6.45) is 0. The van der Waals surface area contributed by atoms with Gasteiger partial charge in [0.1, 0.15) is 5.75 Å². The Morgan fingerprint density at radius 2 is 2.25 bits per heavy atom. The third-order valence-corrected chi connectivity index (χ3v) is 1.32. The number of phenols is 1. The van der Waals surface area contributed by atoms with Gasteiger partial charge >= 0.3 is 0 Å². The standard InChI is InChI=1S/C8H10N2O2/c9-8(12)5-10-6-1-3-7(11)4-2-6/h1-4,10-11H,5H2,(H2,9,12)/i/hD. The number of benzene rings is 1. The number of aromatic hydroxyl groups is 1. The average Bonchev–Trinajstić information content (AvgIpc) is 2.15. The Morgan fingerprint density at radius 3 is 2.75 bits per heavy atom. The molecule has 4 heteroatoms. The van der Waals surface area contributed by atoms with Gasteiger partial charge in [0.2, 0.25) is 5.91 Å². The van der Waals surface area contributed by atoms with Crippen LogP contribution in [0.4, 0.5) is 5.69 Å². The van der Waals surface area contributed by atoms with E-state index in [0.29, 0.717) is 5.75 Å². The molecule has 0 aliphatic rings. The third-order valence-electron chi connectivity index (χ3n) is 1.32. The number of hydrogen-bond donors (Lipinski definition) is 3. The van der Waals surface area contributed by atoms with Crippen molar-refractivity contribution in [1.82, 2.24) is 0 Å². The fraction of sp³-hybridized carbons (Fsp3) is 0.125. The summed E-state index contributed by atoms with van der Waals surface area (Å²) < 4.78 is 6.59. The second kappa shape index (κ2) is 3.61. The molecule has 0 radical (unpaired) electrons. The Morgan fingerprint density at radius 1 is 1.58 bits per heavy atom. The fourth-order valence-electron chi connectivity index (χ4n) is 0.762. The molecule has 12 heavy (non-hydrogen) atoms. The highest BCUT2D eigenvalue weighted by Gasteiger charge is 1.94.